The van der Waals surface area contributed by atoms with E-state index in [-0.39, 0.29) is 0 Å². The third kappa shape index (κ3) is 1.99. The summed E-state index contributed by atoms with van der Waals surface area (Å²) in [7, 11) is 0. The first kappa shape index (κ1) is 12.2. The number of aliphatic imine (C=N–C) groups is 1. The van der Waals surface area contributed by atoms with Crippen LogP contribution in [0.25, 0.3) is 0 Å². The maximum atomic E-state index is 12.8. The minimum absolute atomic E-state index is 0.336. The summed E-state index contributed by atoms with van der Waals surface area (Å²) in [6.07, 6.45) is 0.338. The molecule has 2 rings (SSSR count). The molecule has 2 aliphatic rings. The fourth-order valence-electron chi connectivity index (χ4n) is 1.72. The molecule has 0 aromatic heterocycles. The van der Waals surface area contributed by atoms with Gasteiger partial charge in [0.05, 0.1) is 11.4 Å². The lowest BCUT2D eigenvalue weighted by molar-refractivity contribution is -0.139. The fourth-order valence-corrected chi connectivity index (χ4v) is 1.89. The molecule has 0 aromatic carbocycles. The topological polar surface area (TPSA) is 15.6 Å². The number of halogens is 4. The average molecular weight is 263 g/mol. The van der Waals surface area contributed by atoms with Crippen LogP contribution in [0.1, 0.15) is 0 Å². The van der Waals surface area contributed by atoms with Gasteiger partial charge in [0.1, 0.15) is 6.67 Å². The summed E-state index contributed by atoms with van der Waals surface area (Å²) in [6, 6.07) is 0. The highest BCUT2D eigenvalue weighted by molar-refractivity contribution is 6.29. The Kier molecular flexibility index (Phi) is 2.81. The number of hydrogen-bond acceptors (Lipinski definition) is 2. The van der Waals surface area contributed by atoms with Crippen molar-refractivity contribution in [1.29, 1.82) is 0 Å². The van der Waals surface area contributed by atoms with Crippen LogP contribution in [0.15, 0.2) is 41.6 Å². The smallest absolute Gasteiger partial charge is 0.347 e. The maximum absolute atomic E-state index is 12.8. The Balaban J connectivity index is 2.36. The van der Waals surface area contributed by atoms with Gasteiger partial charge in [-0.15, -0.1) is 6.58 Å². The first-order valence-electron chi connectivity index (χ1n) is 4.96. The molecule has 0 N–H and O–H groups in total. The molecule has 0 aromatic rings. The van der Waals surface area contributed by atoms with Gasteiger partial charge in [-0.2, -0.15) is 13.2 Å². The van der Waals surface area contributed by atoms with E-state index < -0.39 is 11.1 Å². The highest BCUT2D eigenvalue weighted by Crippen LogP contribution is 2.42. The number of nitrogens with zero attached hydrogens (tertiary/aromatic N) is 2. The predicted octanol–water partition coefficient (Wildman–Crippen LogP) is 2.88. The minimum atomic E-state index is -4.52. The summed E-state index contributed by atoms with van der Waals surface area (Å²) in [5.41, 5.74) is 0.951. The first-order valence-corrected chi connectivity index (χ1v) is 5.33. The molecule has 1 aliphatic heterocycles. The summed E-state index contributed by atoms with van der Waals surface area (Å²) >= 11 is 5.59. The molecule has 0 fully saturated rings. The van der Waals surface area contributed by atoms with Crippen LogP contribution >= 0.6 is 11.6 Å². The molecule has 0 amide bonds. The number of rotatable bonds is 2. The van der Waals surface area contributed by atoms with Crippen LogP contribution in [-0.4, -0.2) is 34.9 Å². The molecule has 2 nitrogen and oxygen atoms in total. The minimum Gasteiger partial charge on any atom is -0.347 e. The van der Waals surface area contributed by atoms with Crippen molar-refractivity contribution >= 4 is 17.3 Å². The van der Waals surface area contributed by atoms with Crippen molar-refractivity contribution < 1.29 is 13.2 Å². The van der Waals surface area contributed by atoms with Gasteiger partial charge in [-0.3, -0.25) is 4.99 Å². The lowest BCUT2D eigenvalue weighted by Crippen LogP contribution is -2.39. The molecule has 0 saturated carbocycles. The monoisotopic (exact) mass is 262 g/mol. The van der Waals surface area contributed by atoms with Gasteiger partial charge in [-0.1, -0.05) is 17.7 Å². The van der Waals surface area contributed by atoms with Crippen molar-refractivity contribution in [2.45, 2.75) is 11.1 Å². The van der Waals surface area contributed by atoms with Gasteiger partial charge >= 0.3 is 6.18 Å². The molecule has 17 heavy (non-hydrogen) atoms. The molecule has 0 spiro atoms. The Morgan fingerprint density at radius 1 is 1.59 bits per heavy atom. The Morgan fingerprint density at radius 3 is 2.88 bits per heavy atom. The van der Waals surface area contributed by atoms with Crippen LogP contribution < -0.4 is 0 Å². The van der Waals surface area contributed by atoms with Crippen molar-refractivity contribution in [2.24, 2.45) is 4.99 Å². The first-order chi connectivity index (χ1) is 7.87. The quantitative estimate of drug-likeness (QED) is 0.552. The SMILES string of the molecule is C=CCN1CN=C2C=CC(Cl)(C(F)(F)F)C=C21. The van der Waals surface area contributed by atoms with Gasteiger partial charge in [-0.05, 0) is 18.2 Å². The number of fused-ring (bicyclic) bond motifs is 1. The molecule has 92 valence electrons. The second-order valence-electron chi connectivity index (χ2n) is 3.82. The van der Waals surface area contributed by atoms with Crippen molar-refractivity contribution in [3.05, 3.63) is 36.6 Å². The van der Waals surface area contributed by atoms with Crippen LogP contribution in [0.4, 0.5) is 13.2 Å². The van der Waals surface area contributed by atoms with Crippen molar-refractivity contribution in [2.75, 3.05) is 13.2 Å². The molecule has 0 saturated heterocycles. The van der Waals surface area contributed by atoms with Gasteiger partial charge in [0.15, 0.2) is 4.87 Å². The molecule has 6 heteroatoms. The van der Waals surface area contributed by atoms with Crippen molar-refractivity contribution in [3.8, 4) is 0 Å². The Morgan fingerprint density at radius 2 is 2.29 bits per heavy atom. The molecule has 1 atom stereocenters. The number of alkyl halides is 4. The Labute approximate surface area is 102 Å². The molecular formula is C11H10ClF3N2. The van der Waals surface area contributed by atoms with E-state index >= 15 is 0 Å². The van der Waals surface area contributed by atoms with E-state index in [0.29, 0.717) is 24.6 Å². The average Bonchev–Trinajstić information content (AvgIpc) is 2.60. The third-order valence-electron chi connectivity index (χ3n) is 2.63. The highest BCUT2D eigenvalue weighted by atomic mass is 35.5. The van der Waals surface area contributed by atoms with Crippen molar-refractivity contribution in [3.63, 3.8) is 0 Å². The molecule has 1 unspecified atom stereocenters. The van der Waals surface area contributed by atoms with E-state index in [4.69, 9.17) is 11.6 Å². The lowest BCUT2D eigenvalue weighted by Gasteiger charge is -2.28. The van der Waals surface area contributed by atoms with Gasteiger partial charge < -0.3 is 4.90 Å². The van der Waals surface area contributed by atoms with E-state index in [1.165, 1.54) is 6.08 Å². The standard InChI is InChI=1S/C11H10ClF3N2/c1-2-5-17-7-16-8-3-4-10(12,6-9(8)17)11(13,14)15/h2-4,6H,1,5,7H2. The summed E-state index contributed by atoms with van der Waals surface area (Å²) in [6.45, 7) is 4.33. The van der Waals surface area contributed by atoms with Crippen LogP contribution in [0.3, 0.4) is 0 Å². The van der Waals surface area contributed by atoms with E-state index in [9.17, 15) is 13.2 Å². The summed E-state index contributed by atoms with van der Waals surface area (Å²) in [5.74, 6) is 0. The molecule has 0 radical (unpaired) electrons. The zero-order valence-electron chi connectivity index (χ0n) is 8.84. The third-order valence-corrected chi connectivity index (χ3v) is 3.08. The molecule has 1 aliphatic carbocycles. The summed E-state index contributed by atoms with van der Waals surface area (Å²) in [5, 5.41) is 0. The predicted molar refractivity (Wildman–Crippen MR) is 61.1 cm³/mol. The molecule has 1 heterocycles. The maximum Gasteiger partial charge on any atom is 0.414 e. The fraction of sp³-hybridized carbons (Fsp3) is 0.364. The van der Waals surface area contributed by atoms with Gasteiger partial charge in [0.25, 0.3) is 0 Å². The summed E-state index contributed by atoms with van der Waals surface area (Å²) < 4.78 is 38.4. The van der Waals surface area contributed by atoms with Gasteiger partial charge in [-0.25, -0.2) is 0 Å². The van der Waals surface area contributed by atoms with E-state index in [1.807, 2.05) is 0 Å². The highest BCUT2D eigenvalue weighted by Gasteiger charge is 2.52. The Hall–Kier alpha value is -1.23. The van der Waals surface area contributed by atoms with Crippen molar-refractivity contribution in [1.82, 2.24) is 4.90 Å². The summed E-state index contributed by atoms with van der Waals surface area (Å²) in [4.78, 5) is 3.37. The number of hydrogen-bond donors (Lipinski definition) is 0. The van der Waals surface area contributed by atoms with E-state index in [0.717, 1.165) is 12.2 Å². The van der Waals surface area contributed by atoms with Gasteiger partial charge in [0, 0.05) is 6.54 Å². The molecule has 0 bridgehead atoms. The van der Waals surface area contributed by atoms with Crippen LogP contribution in [0, 0.1) is 0 Å². The lowest BCUT2D eigenvalue weighted by atomic mass is 9.98. The van der Waals surface area contributed by atoms with Crippen LogP contribution in [-0.2, 0) is 0 Å². The van der Waals surface area contributed by atoms with E-state index in [1.54, 1.807) is 11.0 Å². The van der Waals surface area contributed by atoms with Crippen LogP contribution in [0.2, 0.25) is 0 Å². The van der Waals surface area contributed by atoms with Gasteiger partial charge in [0.2, 0.25) is 0 Å². The van der Waals surface area contributed by atoms with Crippen LogP contribution in [0.5, 0.6) is 0 Å². The zero-order valence-corrected chi connectivity index (χ0v) is 9.59. The Bertz CT molecular complexity index is 436. The number of allylic oxidation sites excluding steroid dienone is 3. The second kappa shape index (κ2) is 3.91. The normalized spacial score (nSPS) is 27.6. The zero-order chi connectivity index (χ0) is 12.7. The largest absolute Gasteiger partial charge is 0.414 e. The second-order valence-corrected chi connectivity index (χ2v) is 4.45. The van der Waals surface area contributed by atoms with E-state index in [2.05, 4.69) is 11.6 Å². The molecular weight excluding hydrogens is 253 g/mol.